The Morgan fingerprint density at radius 3 is 2.50 bits per heavy atom. The van der Waals surface area contributed by atoms with Crippen molar-refractivity contribution in [3.8, 4) is 0 Å². The van der Waals surface area contributed by atoms with E-state index in [9.17, 15) is 9.59 Å². The van der Waals surface area contributed by atoms with E-state index in [1.54, 1.807) is 0 Å². The van der Waals surface area contributed by atoms with Crippen LogP contribution < -0.4 is 5.32 Å². The molecule has 2 bridgehead atoms. The van der Waals surface area contributed by atoms with Gasteiger partial charge >= 0.3 is 5.97 Å². The van der Waals surface area contributed by atoms with E-state index in [-0.39, 0.29) is 12.3 Å². The highest BCUT2D eigenvalue weighted by atomic mass is 16.4. The van der Waals surface area contributed by atoms with Gasteiger partial charge in [0.1, 0.15) is 0 Å². The highest BCUT2D eigenvalue weighted by Gasteiger charge is 2.44. The molecule has 2 heterocycles. The SMILES string of the molecule is O=C(O)CCCC(=O)NCC[N+]12CCC(CC1)C2. The summed E-state index contributed by atoms with van der Waals surface area (Å²) in [4.78, 5) is 21.8. The Morgan fingerprint density at radius 2 is 1.94 bits per heavy atom. The minimum Gasteiger partial charge on any atom is -0.481 e. The number of carbonyl (C=O) groups is 2. The maximum Gasteiger partial charge on any atom is 0.303 e. The lowest BCUT2D eigenvalue weighted by molar-refractivity contribution is -0.907. The zero-order valence-electron chi connectivity index (χ0n) is 10.9. The highest BCUT2D eigenvalue weighted by molar-refractivity contribution is 5.76. The maximum absolute atomic E-state index is 11.5. The predicted molar refractivity (Wildman–Crippen MR) is 66.9 cm³/mol. The van der Waals surface area contributed by atoms with Gasteiger partial charge in [-0.3, -0.25) is 9.59 Å². The van der Waals surface area contributed by atoms with Gasteiger partial charge in [0.25, 0.3) is 0 Å². The van der Waals surface area contributed by atoms with Crippen molar-refractivity contribution in [1.29, 1.82) is 0 Å². The van der Waals surface area contributed by atoms with Crippen molar-refractivity contribution in [2.75, 3.05) is 32.7 Å². The molecular formula is C13H23N2O3+. The average Bonchev–Trinajstić information content (AvgIpc) is 2.88. The van der Waals surface area contributed by atoms with Crippen molar-refractivity contribution in [2.24, 2.45) is 5.92 Å². The van der Waals surface area contributed by atoms with Crippen molar-refractivity contribution >= 4 is 11.9 Å². The number of fused-ring (bicyclic) bond motifs is 2. The van der Waals surface area contributed by atoms with Crippen LogP contribution in [0.25, 0.3) is 0 Å². The molecule has 5 nitrogen and oxygen atoms in total. The van der Waals surface area contributed by atoms with E-state index in [1.807, 2.05) is 0 Å². The van der Waals surface area contributed by atoms with E-state index in [2.05, 4.69) is 5.32 Å². The third-order valence-corrected chi connectivity index (χ3v) is 4.37. The zero-order chi connectivity index (χ0) is 13.0. The lowest BCUT2D eigenvalue weighted by atomic mass is 10.1. The number of carbonyl (C=O) groups excluding carboxylic acids is 1. The number of nitrogens with one attached hydrogen (secondary N) is 1. The summed E-state index contributed by atoms with van der Waals surface area (Å²) in [7, 11) is 0. The van der Waals surface area contributed by atoms with Gasteiger partial charge < -0.3 is 14.9 Å². The molecule has 0 aromatic carbocycles. The van der Waals surface area contributed by atoms with Crippen LogP contribution >= 0.6 is 0 Å². The van der Waals surface area contributed by atoms with E-state index >= 15 is 0 Å². The summed E-state index contributed by atoms with van der Waals surface area (Å²) in [5.74, 6) is 0.0852. The number of carboxylic acid groups (broad SMARTS) is 1. The molecule has 0 spiro atoms. The van der Waals surface area contributed by atoms with Crippen LogP contribution in [-0.4, -0.2) is 54.2 Å². The second-order valence-electron chi connectivity index (χ2n) is 5.74. The number of hydrogen-bond acceptors (Lipinski definition) is 2. The Balaban J connectivity index is 1.57. The molecule has 2 aliphatic heterocycles. The molecule has 0 atom stereocenters. The lowest BCUT2D eigenvalue weighted by Crippen LogP contribution is -2.48. The first-order valence-electron chi connectivity index (χ1n) is 6.93. The molecule has 0 unspecified atom stereocenters. The summed E-state index contributed by atoms with van der Waals surface area (Å²) in [6.45, 7) is 5.63. The molecule has 0 aromatic rings. The number of piperidine rings is 1. The van der Waals surface area contributed by atoms with Gasteiger partial charge in [-0.1, -0.05) is 0 Å². The van der Waals surface area contributed by atoms with Crippen LogP contribution in [0.5, 0.6) is 0 Å². The largest absolute Gasteiger partial charge is 0.481 e. The number of quaternary nitrogens is 1. The first-order valence-corrected chi connectivity index (χ1v) is 6.93. The average molecular weight is 255 g/mol. The topological polar surface area (TPSA) is 66.4 Å². The number of rotatable bonds is 7. The fourth-order valence-corrected chi connectivity index (χ4v) is 3.32. The van der Waals surface area contributed by atoms with Gasteiger partial charge in [0.15, 0.2) is 0 Å². The molecule has 2 fully saturated rings. The molecule has 102 valence electrons. The Bertz CT molecular complexity index is 322. The van der Waals surface area contributed by atoms with Crippen LogP contribution in [0.3, 0.4) is 0 Å². The normalized spacial score (nSPS) is 29.4. The molecule has 1 amide bonds. The quantitative estimate of drug-likeness (QED) is 0.655. The van der Waals surface area contributed by atoms with Crippen molar-refractivity contribution in [3.05, 3.63) is 0 Å². The van der Waals surface area contributed by atoms with Gasteiger partial charge in [0, 0.05) is 31.6 Å². The number of amides is 1. The fourth-order valence-electron chi connectivity index (χ4n) is 3.32. The van der Waals surface area contributed by atoms with Crippen LogP contribution in [0.1, 0.15) is 32.1 Å². The van der Waals surface area contributed by atoms with E-state index in [0.29, 0.717) is 12.8 Å². The highest BCUT2D eigenvalue weighted by Crippen LogP contribution is 2.34. The van der Waals surface area contributed by atoms with Crippen molar-refractivity contribution in [2.45, 2.75) is 32.1 Å². The third kappa shape index (κ3) is 3.45. The molecule has 18 heavy (non-hydrogen) atoms. The molecule has 0 radical (unpaired) electrons. The summed E-state index contributed by atoms with van der Waals surface area (Å²) in [5, 5.41) is 11.4. The second-order valence-corrected chi connectivity index (χ2v) is 5.74. The van der Waals surface area contributed by atoms with Crippen LogP contribution in [0.4, 0.5) is 0 Å². The minimum absolute atomic E-state index is 0.00982. The molecule has 2 saturated heterocycles. The number of aliphatic carboxylic acids is 1. The van der Waals surface area contributed by atoms with Crippen molar-refractivity contribution in [1.82, 2.24) is 5.32 Å². The minimum atomic E-state index is -0.832. The summed E-state index contributed by atoms with van der Waals surface area (Å²) in [6.07, 6.45) is 3.55. The van der Waals surface area contributed by atoms with Crippen LogP contribution in [0, 0.1) is 5.92 Å². The van der Waals surface area contributed by atoms with Gasteiger partial charge in [0.05, 0.1) is 32.7 Å². The monoisotopic (exact) mass is 255 g/mol. The molecule has 5 heteroatoms. The third-order valence-electron chi connectivity index (χ3n) is 4.37. The Hall–Kier alpha value is -1.10. The van der Waals surface area contributed by atoms with Crippen molar-refractivity contribution < 1.29 is 19.2 Å². The summed E-state index contributed by atoms with van der Waals surface area (Å²) < 4.78 is 1.19. The molecule has 2 aliphatic rings. The van der Waals surface area contributed by atoms with E-state index in [4.69, 9.17) is 5.11 Å². The molecule has 2 rings (SSSR count). The molecule has 0 aliphatic carbocycles. The first-order chi connectivity index (χ1) is 8.60. The zero-order valence-corrected chi connectivity index (χ0v) is 10.9. The maximum atomic E-state index is 11.5. The Labute approximate surface area is 108 Å². The van der Waals surface area contributed by atoms with Gasteiger partial charge in [0.2, 0.25) is 5.91 Å². The predicted octanol–water partition coefficient (Wildman–Crippen LogP) is 0.598. The number of nitrogens with zero attached hydrogens (tertiary/aromatic N) is 1. The van der Waals surface area contributed by atoms with Crippen LogP contribution in [0.2, 0.25) is 0 Å². The molecular weight excluding hydrogens is 232 g/mol. The number of hydrogen-bond donors (Lipinski definition) is 2. The van der Waals surface area contributed by atoms with Crippen molar-refractivity contribution in [3.63, 3.8) is 0 Å². The van der Waals surface area contributed by atoms with Gasteiger partial charge in [-0.25, -0.2) is 0 Å². The summed E-state index contributed by atoms with van der Waals surface area (Å²) in [6, 6.07) is 0. The van der Waals surface area contributed by atoms with E-state index in [0.717, 1.165) is 19.0 Å². The molecule has 0 saturated carbocycles. The lowest BCUT2D eigenvalue weighted by Gasteiger charge is -2.31. The van der Waals surface area contributed by atoms with E-state index < -0.39 is 5.97 Å². The first kappa shape index (κ1) is 13.3. The number of carboxylic acids is 1. The molecule has 2 N–H and O–H groups in total. The summed E-state index contributed by atoms with van der Waals surface area (Å²) in [5.41, 5.74) is 0. The Morgan fingerprint density at radius 1 is 1.22 bits per heavy atom. The van der Waals surface area contributed by atoms with Gasteiger partial charge in [-0.2, -0.15) is 0 Å². The summed E-state index contributed by atoms with van der Waals surface area (Å²) >= 11 is 0. The fraction of sp³-hybridized carbons (Fsp3) is 0.846. The van der Waals surface area contributed by atoms with Gasteiger partial charge in [-0.05, 0) is 6.42 Å². The smallest absolute Gasteiger partial charge is 0.303 e. The van der Waals surface area contributed by atoms with E-state index in [1.165, 1.54) is 37.0 Å². The standard InChI is InChI=1S/C13H22N2O3/c16-12(2-1-3-13(17)18)14-6-9-15-7-4-11(10-15)5-8-15/h11H,1-10H2,(H-,14,16,17,18)/p+1. The van der Waals surface area contributed by atoms with Gasteiger partial charge in [-0.15, -0.1) is 0 Å². The van der Waals surface area contributed by atoms with Crippen LogP contribution in [-0.2, 0) is 9.59 Å². The second kappa shape index (κ2) is 5.69. The molecule has 0 aromatic heterocycles. The van der Waals surface area contributed by atoms with Crippen LogP contribution in [0.15, 0.2) is 0 Å². The Kier molecular flexibility index (Phi) is 4.22.